The molecular weight excluding hydrogens is 310 g/mol. The summed E-state index contributed by atoms with van der Waals surface area (Å²) < 4.78 is 10.4. The van der Waals surface area contributed by atoms with E-state index >= 15 is 0 Å². The highest BCUT2D eigenvalue weighted by Crippen LogP contribution is 2.22. The number of halogens is 1. The number of rotatable bonds is 7. The van der Waals surface area contributed by atoms with Crippen molar-refractivity contribution in [3.8, 4) is 5.75 Å². The maximum Gasteiger partial charge on any atom is 0.255 e. The normalized spacial score (nSPS) is 10.4. The standard InChI is InChI=1S/C15H16ClNO3S/c1-19-14-5-4-11(16)9-13(14)15(18)17-6-8-21-10-12-3-2-7-20-12/h2-5,7,9H,6,8,10H2,1H3,(H,17,18). The molecule has 0 aliphatic rings. The molecule has 0 unspecified atom stereocenters. The number of amides is 1. The summed E-state index contributed by atoms with van der Waals surface area (Å²) in [7, 11) is 1.53. The van der Waals surface area contributed by atoms with Gasteiger partial charge in [-0.15, -0.1) is 0 Å². The van der Waals surface area contributed by atoms with E-state index in [1.54, 1.807) is 36.2 Å². The van der Waals surface area contributed by atoms with Crippen LogP contribution >= 0.6 is 23.4 Å². The Morgan fingerprint density at radius 2 is 2.29 bits per heavy atom. The fourth-order valence-electron chi connectivity index (χ4n) is 1.76. The fraction of sp³-hybridized carbons (Fsp3) is 0.267. The summed E-state index contributed by atoms with van der Waals surface area (Å²) in [6.07, 6.45) is 1.66. The topological polar surface area (TPSA) is 51.5 Å². The van der Waals surface area contributed by atoms with Gasteiger partial charge in [0.25, 0.3) is 5.91 Å². The average Bonchev–Trinajstić information content (AvgIpc) is 3.00. The van der Waals surface area contributed by atoms with Crippen molar-refractivity contribution in [1.29, 1.82) is 0 Å². The van der Waals surface area contributed by atoms with Crippen LogP contribution in [-0.4, -0.2) is 25.3 Å². The molecule has 0 radical (unpaired) electrons. The number of methoxy groups -OCH3 is 1. The van der Waals surface area contributed by atoms with Crippen molar-refractivity contribution in [3.63, 3.8) is 0 Å². The summed E-state index contributed by atoms with van der Waals surface area (Å²) in [4.78, 5) is 12.1. The molecule has 1 aromatic carbocycles. The van der Waals surface area contributed by atoms with Crippen molar-refractivity contribution >= 4 is 29.3 Å². The molecule has 0 saturated heterocycles. The van der Waals surface area contributed by atoms with Gasteiger partial charge in [-0.05, 0) is 30.3 Å². The van der Waals surface area contributed by atoms with Crippen LogP contribution in [0.1, 0.15) is 16.1 Å². The van der Waals surface area contributed by atoms with Crippen LogP contribution in [0.2, 0.25) is 5.02 Å². The number of carbonyl (C=O) groups is 1. The molecule has 21 heavy (non-hydrogen) atoms. The van der Waals surface area contributed by atoms with Crippen LogP contribution in [0.15, 0.2) is 41.0 Å². The molecule has 0 saturated carbocycles. The molecule has 2 aromatic rings. The van der Waals surface area contributed by atoms with Gasteiger partial charge in [0.1, 0.15) is 11.5 Å². The van der Waals surface area contributed by atoms with Crippen molar-refractivity contribution in [2.75, 3.05) is 19.4 Å². The van der Waals surface area contributed by atoms with E-state index in [0.717, 1.165) is 17.3 Å². The van der Waals surface area contributed by atoms with E-state index in [-0.39, 0.29) is 5.91 Å². The molecule has 0 bridgehead atoms. The van der Waals surface area contributed by atoms with Crippen molar-refractivity contribution < 1.29 is 13.9 Å². The van der Waals surface area contributed by atoms with E-state index in [9.17, 15) is 4.79 Å². The minimum Gasteiger partial charge on any atom is -0.496 e. The Balaban J connectivity index is 1.78. The lowest BCUT2D eigenvalue weighted by Gasteiger charge is -2.09. The van der Waals surface area contributed by atoms with Gasteiger partial charge < -0.3 is 14.5 Å². The lowest BCUT2D eigenvalue weighted by Crippen LogP contribution is -2.26. The zero-order valence-electron chi connectivity index (χ0n) is 11.6. The van der Waals surface area contributed by atoms with Gasteiger partial charge in [-0.1, -0.05) is 11.6 Å². The summed E-state index contributed by atoms with van der Waals surface area (Å²) in [5.74, 6) is 2.86. The zero-order chi connectivity index (χ0) is 15.1. The number of thioether (sulfide) groups is 1. The summed E-state index contributed by atoms with van der Waals surface area (Å²) >= 11 is 7.60. The minimum absolute atomic E-state index is 0.187. The van der Waals surface area contributed by atoms with Crippen LogP contribution in [-0.2, 0) is 5.75 Å². The van der Waals surface area contributed by atoms with Gasteiger partial charge in [0.05, 0.1) is 24.7 Å². The van der Waals surface area contributed by atoms with Gasteiger partial charge in [-0.3, -0.25) is 4.79 Å². The molecule has 1 aromatic heterocycles. The van der Waals surface area contributed by atoms with Crippen molar-refractivity contribution in [1.82, 2.24) is 5.32 Å². The van der Waals surface area contributed by atoms with Gasteiger partial charge in [0, 0.05) is 17.3 Å². The number of nitrogens with one attached hydrogen (secondary N) is 1. The highest BCUT2D eigenvalue weighted by molar-refractivity contribution is 7.98. The van der Waals surface area contributed by atoms with E-state index in [0.29, 0.717) is 22.9 Å². The maximum atomic E-state index is 12.1. The molecule has 1 N–H and O–H groups in total. The Morgan fingerprint density at radius 3 is 3.00 bits per heavy atom. The van der Waals surface area contributed by atoms with E-state index < -0.39 is 0 Å². The van der Waals surface area contributed by atoms with E-state index in [1.165, 1.54) is 7.11 Å². The van der Waals surface area contributed by atoms with Crippen LogP contribution in [0, 0.1) is 0 Å². The monoisotopic (exact) mass is 325 g/mol. The molecule has 1 heterocycles. The first-order chi connectivity index (χ1) is 10.2. The number of hydrogen-bond acceptors (Lipinski definition) is 4. The molecule has 2 rings (SSSR count). The van der Waals surface area contributed by atoms with Crippen molar-refractivity contribution in [3.05, 3.63) is 52.9 Å². The Hall–Kier alpha value is -1.59. The third kappa shape index (κ3) is 4.72. The lowest BCUT2D eigenvalue weighted by molar-refractivity contribution is 0.0953. The first-order valence-electron chi connectivity index (χ1n) is 6.42. The summed E-state index contributed by atoms with van der Waals surface area (Å²) in [5.41, 5.74) is 0.445. The molecule has 0 spiro atoms. The summed E-state index contributed by atoms with van der Waals surface area (Å²) in [6.45, 7) is 0.569. The zero-order valence-corrected chi connectivity index (χ0v) is 13.2. The Bertz CT molecular complexity index is 587. The predicted octanol–water partition coefficient (Wildman–Crippen LogP) is 3.60. The van der Waals surface area contributed by atoms with Crippen LogP contribution in [0.25, 0.3) is 0 Å². The Kier molecular flexibility index (Phi) is 6.02. The average molecular weight is 326 g/mol. The molecule has 0 aliphatic heterocycles. The summed E-state index contributed by atoms with van der Waals surface area (Å²) in [5, 5.41) is 3.36. The lowest BCUT2D eigenvalue weighted by atomic mass is 10.2. The van der Waals surface area contributed by atoms with Crippen LogP contribution < -0.4 is 10.1 Å². The molecule has 0 atom stereocenters. The second-order valence-corrected chi connectivity index (χ2v) is 5.77. The molecule has 0 aliphatic carbocycles. The van der Waals surface area contributed by atoms with Crippen LogP contribution in [0.5, 0.6) is 5.75 Å². The highest BCUT2D eigenvalue weighted by atomic mass is 35.5. The molecule has 112 valence electrons. The Morgan fingerprint density at radius 1 is 1.43 bits per heavy atom. The first-order valence-corrected chi connectivity index (χ1v) is 7.96. The Labute approximate surface area is 132 Å². The number of hydrogen-bond donors (Lipinski definition) is 1. The minimum atomic E-state index is -0.187. The predicted molar refractivity (Wildman–Crippen MR) is 85.2 cm³/mol. The molecule has 4 nitrogen and oxygen atoms in total. The second-order valence-electron chi connectivity index (χ2n) is 4.23. The van der Waals surface area contributed by atoms with Crippen LogP contribution in [0.3, 0.4) is 0 Å². The largest absolute Gasteiger partial charge is 0.496 e. The fourth-order valence-corrected chi connectivity index (χ4v) is 2.69. The maximum absolute atomic E-state index is 12.1. The second kappa shape index (κ2) is 8.00. The molecule has 1 amide bonds. The van der Waals surface area contributed by atoms with Crippen molar-refractivity contribution in [2.24, 2.45) is 0 Å². The first kappa shape index (κ1) is 15.8. The number of carbonyl (C=O) groups excluding carboxylic acids is 1. The van der Waals surface area contributed by atoms with Gasteiger partial charge in [0.2, 0.25) is 0 Å². The van der Waals surface area contributed by atoms with Crippen molar-refractivity contribution in [2.45, 2.75) is 5.75 Å². The van der Waals surface area contributed by atoms with E-state index in [1.807, 2.05) is 12.1 Å². The van der Waals surface area contributed by atoms with E-state index in [4.69, 9.17) is 20.8 Å². The molecule has 0 fully saturated rings. The quantitative estimate of drug-likeness (QED) is 0.790. The number of benzene rings is 1. The molecular formula is C15H16ClNO3S. The third-order valence-electron chi connectivity index (χ3n) is 2.76. The van der Waals surface area contributed by atoms with Gasteiger partial charge >= 0.3 is 0 Å². The SMILES string of the molecule is COc1ccc(Cl)cc1C(=O)NCCSCc1ccco1. The number of furan rings is 1. The highest BCUT2D eigenvalue weighted by Gasteiger charge is 2.12. The third-order valence-corrected chi connectivity index (χ3v) is 3.98. The van der Waals surface area contributed by atoms with Crippen LogP contribution in [0.4, 0.5) is 0 Å². The summed E-state index contributed by atoms with van der Waals surface area (Å²) in [6, 6.07) is 8.77. The van der Waals surface area contributed by atoms with E-state index in [2.05, 4.69) is 5.32 Å². The van der Waals surface area contributed by atoms with Gasteiger partial charge in [-0.25, -0.2) is 0 Å². The number of ether oxygens (including phenoxy) is 1. The van der Waals surface area contributed by atoms with Gasteiger partial charge in [0.15, 0.2) is 0 Å². The smallest absolute Gasteiger partial charge is 0.255 e. The molecule has 6 heteroatoms. The van der Waals surface area contributed by atoms with Gasteiger partial charge in [-0.2, -0.15) is 11.8 Å².